The first kappa shape index (κ1) is 20.0. The van der Waals surface area contributed by atoms with Crippen molar-refractivity contribution >= 4 is 28.3 Å². The van der Waals surface area contributed by atoms with Crippen LogP contribution in [0.5, 0.6) is 0 Å². The van der Waals surface area contributed by atoms with Crippen LogP contribution in [0.25, 0.3) is 21.8 Å². The van der Waals surface area contributed by atoms with Crippen LogP contribution in [0.3, 0.4) is 0 Å². The van der Waals surface area contributed by atoms with Gasteiger partial charge in [0.15, 0.2) is 0 Å². The van der Waals surface area contributed by atoms with Crippen molar-refractivity contribution in [3.8, 4) is 10.6 Å². The lowest BCUT2D eigenvalue weighted by Gasteiger charge is -2.32. The van der Waals surface area contributed by atoms with Crippen molar-refractivity contribution in [1.82, 2.24) is 25.4 Å². The van der Waals surface area contributed by atoms with Crippen molar-refractivity contribution in [2.75, 3.05) is 11.9 Å². The average Bonchev–Trinajstić information content (AvgIpc) is 3.35. The van der Waals surface area contributed by atoms with E-state index in [1.54, 1.807) is 29.9 Å². The van der Waals surface area contributed by atoms with E-state index in [0.717, 1.165) is 51.0 Å². The molecule has 0 radical (unpaired) electrons. The molecule has 2 N–H and O–H groups in total. The molecule has 7 heteroatoms. The lowest BCUT2D eigenvalue weighted by molar-refractivity contribution is 0.338. The Balaban J connectivity index is 1.65. The molecule has 0 saturated carbocycles. The number of rotatable bonds is 6. The second-order valence-corrected chi connectivity index (χ2v) is 8.06. The van der Waals surface area contributed by atoms with E-state index in [0.29, 0.717) is 0 Å². The number of hydrazine groups is 1. The highest BCUT2D eigenvalue weighted by molar-refractivity contribution is 7.13. The molecule has 4 heterocycles. The Labute approximate surface area is 191 Å². The molecule has 4 aromatic rings. The van der Waals surface area contributed by atoms with Crippen LogP contribution in [0.2, 0.25) is 0 Å². The zero-order valence-corrected chi connectivity index (χ0v) is 18.4. The van der Waals surface area contributed by atoms with E-state index >= 15 is 0 Å². The Hall–Kier alpha value is -3.97. The highest BCUT2D eigenvalue weighted by Crippen LogP contribution is 2.36. The molecule has 158 valence electrons. The molecule has 0 amide bonds. The molecule has 0 fully saturated rings. The maximum absolute atomic E-state index is 5.00. The van der Waals surface area contributed by atoms with Gasteiger partial charge in [-0.3, -0.25) is 20.4 Å². The average molecular weight is 439 g/mol. The molecule has 5 rings (SSSR count). The number of thiazole rings is 1. The number of allylic oxidation sites excluding steroid dienone is 1. The number of pyridine rings is 2. The maximum atomic E-state index is 5.00. The zero-order valence-electron chi connectivity index (χ0n) is 17.6. The Kier molecular flexibility index (Phi) is 5.63. The lowest BCUT2D eigenvalue weighted by Crippen LogP contribution is -2.36. The Bertz CT molecular complexity index is 1250. The third kappa shape index (κ3) is 4.10. The molecule has 0 spiro atoms. The predicted octanol–water partition coefficient (Wildman–Crippen LogP) is 5.26. The first-order valence-electron chi connectivity index (χ1n) is 10.4. The molecular formula is C25H22N6S. The Morgan fingerprint density at radius 2 is 1.78 bits per heavy atom. The van der Waals surface area contributed by atoms with Gasteiger partial charge in [0.25, 0.3) is 0 Å². The highest BCUT2D eigenvalue weighted by atomic mass is 32.1. The summed E-state index contributed by atoms with van der Waals surface area (Å²) in [5, 5.41) is 8.69. The first-order valence-corrected chi connectivity index (χ1v) is 11.3. The van der Waals surface area contributed by atoms with Gasteiger partial charge in [-0.15, -0.1) is 11.3 Å². The fourth-order valence-electron chi connectivity index (χ4n) is 3.54. The third-order valence-corrected chi connectivity index (χ3v) is 5.98. The highest BCUT2D eigenvalue weighted by Gasteiger charge is 2.24. The van der Waals surface area contributed by atoms with Gasteiger partial charge in [-0.2, -0.15) is 0 Å². The summed E-state index contributed by atoms with van der Waals surface area (Å²) in [6.07, 6.45) is 9.26. The van der Waals surface area contributed by atoms with E-state index < -0.39 is 0 Å². The van der Waals surface area contributed by atoms with E-state index in [4.69, 9.17) is 4.98 Å². The van der Waals surface area contributed by atoms with Gasteiger partial charge in [0, 0.05) is 47.8 Å². The predicted molar refractivity (Wildman–Crippen MR) is 130 cm³/mol. The van der Waals surface area contributed by atoms with Crippen molar-refractivity contribution in [2.24, 2.45) is 0 Å². The Morgan fingerprint density at radius 3 is 2.53 bits per heavy atom. The fraction of sp³-hybridized carbons (Fsp3) is 0.0800. The molecule has 0 atom stereocenters. The molecule has 0 unspecified atom stereocenters. The van der Waals surface area contributed by atoms with Crippen molar-refractivity contribution < 1.29 is 0 Å². The number of hydrogen-bond donors (Lipinski definition) is 2. The van der Waals surface area contributed by atoms with Gasteiger partial charge in [-0.05, 0) is 31.2 Å². The van der Waals surface area contributed by atoms with Crippen LogP contribution < -0.4 is 10.7 Å². The van der Waals surface area contributed by atoms with Gasteiger partial charge in [0.2, 0.25) is 0 Å². The number of hydrogen-bond acceptors (Lipinski definition) is 7. The van der Waals surface area contributed by atoms with Crippen LogP contribution in [0.15, 0.2) is 96.7 Å². The smallest absolute Gasteiger partial charge is 0.124 e. The number of aromatic nitrogens is 3. The fourth-order valence-corrected chi connectivity index (χ4v) is 4.36. The molecule has 0 aliphatic carbocycles. The van der Waals surface area contributed by atoms with Crippen LogP contribution >= 0.6 is 11.3 Å². The molecule has 1 aromatic carbocycles. The first-order chi connectivity index (χ1) is 15.8. The van der Waals surface area contributed by atoms with Gasteiger partial charge in [-0.1, -0.05) is 30.3 Å². The number of anilines is 1. The molecule has 0 bridgehead atoms. The minimum absolute atomic E-state index is 0.807. The molecule has 1 aliphatic heterocycles. The molecule has 32 heavy (non-hydrogen) atoms. The summed E-state index contributed by atoms with van der Waals surface area (Å²) in [7, 11) is 0. The molecular weight excluding hydrogens is 416 g/mol. The molecule has 1 aliphatic rings. The van der Waals surface area contributed by atoms with E-state index in [1.165, 1.54) is 0 Å². The summed E-state index contributed by atoms with van der Waals surface area (Å²) in [5.74, 6) is 0. The SMILES string of the molecule is CCN1C=C(Nc2cccnc2)C(c2csc(-c3ccncc3)n2)=C(c2ccccc2)N1. The molecule has 6 nitrogen and oxygen atoms in total. The third-order valence-electron chi connectivity index (χ3n) is 5.09. The quantitative estimate of drug-likeness (QED) is 0.428. The van der Waals surface area contributed by atoms with E-state index in [1.807, 2.05) is 48.7 Å². The second kappa shape index (κ2) is 9.03. The van der Waals surface area contributed by atoms with Crippen molar-refractivity contribution in [1.29, 1.82) is 0 Å². The standard InChI is InChI=1S/C25H22N6S/c1-2-31-16-21(28-20-9-6-12-27-15-20)23(24(30-31)18-7-4-3-5-8-18)22-17-32-25(29-22)19-10-13-26-14-11-19/h3-17,28,30H,2H2,1H3. The minimum atomic E-state index is 0.807. The lowest BCUT2D eigenvalue weighted by atomic mass is 10.0. The van der Waals surface area contributed by atoms with Gasteiger partial charge >= 0.3 is 0 Å². The summed E-state index contributed by atoms with van der Waals surface area (Å²) in [4.78, 5) is 13.4. The van der Waals surface area contributed by atoms with Crippen LogP contribution in [0, 0.1) is 0 Å². The van der Waals surface area contributed by atoms with Gasteiger partial charge < -0.3 is 5.32 Å². The van der Waals surface area contributed by atoms with E-state index in [2.05, 4.69) is 56.4 Å². The summed E-state index contributed by atoms with van der Waals surface area (Å²) in [6.45, 7) is 2.92. The number of nitrogens with one attached hydrogen (secondary N) is 2. The number of benzene rings is 1. The normalized spacial score (nSPS) is 13.5. The maximum Gasteiger partial charge on any atom is 0.124 e. The van der Waals surface area contributed by atoms with Crippen LogP contribution in [-0.2, 0) is 0 Å². The number of nitrogens with zero attached hydrogens (tertiary/aromatic N) is 4. The topological polar surface area (TPSA) is 66.0 Å². The summed E-state index contributed by atoms with van der Waals surface area (Å²) in [5.41, 5.74) is 10.5. The van der Waals surface area contributed by atoms with Crippen LogP contribution in [0.4, 0.5) is 5.69 Å². The largest absolute Gasteiger partial charge is 0.352 e. The monoisotopic (exact) mass is 438 g/mol. The van der Waals surface area contributed by atoms with Gasteiger partial charge in [0.05, 0.1) is 34.5 Å². The Morgan fingerprint density at radius 1 is 0.938 bits per heavy atom. The summed E-state index contributed by atoms with van der Waals surface area (Å²) >= 11 is 1.63. The van der Waals surface area contributed by atoms with E-state index in [-0.39, 0.29) is 0 Å². The van der Waals surface area contributed by atoms with E-state index in [9.17, 15) is 0 Å². The van der Waals surface area contributed by atoms with Gasteiger partial charge in [0.1, 0.15) is 5.01 Å². The second-order valence-electron chi connectivity index (χ2n) is 7.20. The van der Waals surface area contributed by atoms with Crippen molar-refractivity contribution in [2.45, 2.75) is 6.92 Å². The van der Waals surface area contributed by atoms with Crippen LogP contribution in [-0.4, -0.2) is 26.5 Å². The summed E-state index contributed by atoms with van der Waals surface area (Å²) in [6, 6.07) is 18.2. The van der Waals surface area contributed by atoms with Gasteiger partial charge in [-0.25, -0.2) is 4.98 Å². The van der Waals surface area contributed by atoms with Crippen LogP contribution in [0.1, 0.15) is 18.2 Å². The minimum Gasteiger partial charge on any atom is -0.352 e. The summed E-state index contributed by atoms with van der Waals surface area (Å²) < 4.78 is 0. The molecule has 0 saturated heterocycles. The zero-order chi connectivity index (χ0) is 21.8. The van der Waals surface area contributed by atoms with Crippen molar-refractivity contribution in [3.05, 3.63) is 108 Å². The van der Waals surface area contributed by atoms with Crippen molar-refractivity contribution in [3.63, 3.8) is 0 Å². The molecule has 3 aromatic heterocycles.